The Labute approximate surface area is 165 Å². The number of carbonyl (C=O) groups excluding carboxylic acids is 2. The van der Waals surface area contributed by atoms with E-state index in [0.29, 0.717) is 32.8 Å². The highest BCUT2D eigenvalue weighted by Crippen LogP contribution is 2.37. The Balaban J connectivity index is 1.90. The minimum atomic E-state index is -0.0372. The standard InChI is InChI=1S/C22H28N2O4/c1-6-27-21-16(4)22-19(15(3)13-28-22)12-18(21)14(2)11-20(26)24-9-7-23(8-10-24)17(5)25/h11-13H,6-10H2,1-5H3/b14-11+. The zero-order valence-electron chi connectivity index (χ0n) is 17.3. The number of benzene rings is 1. The molecule has 0 saturated carbocycles. The van der Waals surface area contributed by atoms with Gasteiger partial charge in [-0.05, 0) is 44.9 Å². The molecule has 0 spiro atoms. The van der Waals surface area contributed by atoms with Crippen LogP contribution in [0.15, 0.2) is 22.8 Å². The second kappa shape index (κ2) is 8.09. The molecule has 2 aromatic rings. The third-order valence-corrected chi connectivity index (χ3v) is 5.33. The number of hydrogen-bond donors (Lipinski definition) is 0. The van der Waals surface area contributed by atoms with Gasteiger partial charge in [-0.3, -0.25) is 9.59 Å². The number of piperazine rings is 1. The number of amides is 2. The summed E-state index contributed by atoms with van der Waals surface area (Å²) in [5, 5.41) is 1.03. The topological polar surface area (TPSA) is 63.0 Å². The Morgan fingerprint density at radius 3 is 2.39 bits per heavy atom. The van der Waals surface area contributed by atoms with Gasteiger partial charge in [0, 0.05) is 55.7 Å². The van der Waals surface area contributed by atoms with Crippen molar-refractivity contribution < 1.29 is 18.7 Å². The fourth-order valence-corrected chi connectivity index (χ4v) is 3.66. The number of ether oxygens (including phenoxy) is 1. The Kier molecular flexibility index (Phi) is 5.77. The summed E-state index contributed by atoms with van der Waals surface area (Å²) < 4.78 is 11.6. The molecular formula is C22H28N2O4. The van der Waals surface area contributed by atoms with Gasteiger partial charge in [0.25, 0.3) is 0 Å². The van der Waals surface area contributed by atoms with Crippen molar-refractivity contribution in [1.29, 1.82) is 0 Å². The van der Waals surface area contributed by atoms with Gasteiger partial charge in [-0.2, -0.15) is 0 Å². The molecule has 1 aliphatic rings. The van der Waals surface area contributed by atoms with E-state index < -0.39 is 0 Å². The second-order valence-corrected chi connectivity index (χ2v) is 7.27. The number of hydrogen-bond acceptors (Lipinski definition) is 4. The molecule has 0 radical (unpaired) electrons. The van der Waals surface area contributed by atoms with E-state index in [0.717, 1.165) is 39.0 Å². The molecule has 2 heterocycles. The Hall–Kier alpha value is -2.76. The van der Waals surface area contributed by atoms with Crippen LogP contribution in [0.25, 0.3) is 16.5 Å². The van der Waals surface area contributed by atoms with E-state index in [1.807, 2.05) is 33.8 Å². The summed E-state index contributed by atoms with van der Waals surface area (Å²) in [6, 6.07) is 2.04. The molecule has 6 nitrogen and oxygen atoms in total. The molecule has 1 fully saturated rings. The maximum Gasteiger partial charge on any atom is 0.246 e. The van der Waals surface area contributed by atoms with Gasteiger partial charge in [0.1, 0.15) is 11.3 Å². The maximum absolute atomic E-state index is 12.8. The summed E-state index contributed by atoms with van der Waals surface area (Å²) in [6.07, 6.45) is 3.41. The van der Waals surface area contributed by atoms with Crippen LogP contribution in [0.4, 0.5) is 0 Å². The minimum Gasteiger partial charge on any atom is -0.493 e. The van der Waals surface area contributed by atoms with Crippen LogP contribution >= 0.6 is 0 Å². The minimum absolute atomic E-state index is 0.0372. The first-order chi connectivity index (χ1) is 13.3. The monoisotopic (exact) mass is 384 g/mol. The molecule has 1 aromatic heterocycles. The highest BCUT2D eigenvalue weighted by atomic mass is 16.5. The SMILES string of the molecule is CCOc1c(/C(C)=C/C(=O)N2CCN(C(C)=O)CC2)cc2c(C)coc2c1C. The number of carbonyl (C=O) groups is 2. The van der Waals surface area contributed by atoms with Gasteiger partial charge in [-0.25, -0.2) is 0 Å². The summed E-state index contributed by atoms with van der Waals surface area (Å²) in [5.41, 5.74) is 4.59. The average molecular weight is 384 g/mol. The third-order valence-electron chi connectivity index (χ3n) is 5.33. The highest BCUT2D eigenvalue weighted by molar-refractivity contribution is 5.98. The lowest BCUT2D eigenvalue weighted by Gasteiger charge is -2.33. The van der Waals surface area contributed by atoms with Gasteiger partial charge in [-0.15, -0.1) is 0 Å². The number of furan rings is 1. The van der Waals surface area contributed by atoms with Crippen LogP contribution in [-0.2, 0) is 9.59 Å². The van der Waals surface area contributed by atoms with Crippen molar-refractivity contribution in [2.45, 2.75) is 34.6 Å². The lowest BCUT2D eigenvalue weighted by atomic mass is 9.98. The summed E-state index contributed by atoms with van der Waals surface area (Å²) in [5.74, 6) is 0.775. The van der Waals surface area contributed by atoms with E-state index >= 15 is 0 Å². The van der Waals surface area contributed by atoms with Crippen LogP contribution < -0.4 is 4.74 Å². The molecule has 2 amide bonds. The van der Waals surface area contributed by atoms with E-state index in [9.17, 15) is 9.59 Å². The molecule has 28 heavy (non-hydrogen) atoms. The fourth-order valence-electron chi connectivity index (χ4n) is 3.66. The predicted octanol–water partition coefficient (Wildman–Crippen LogP) is 3.54. The molecule has 1 aliphatic heterocycles. The number of allylic oxidation sites excluding steroid dienone is 1. The van der Waals surface area contributed by atoms with E-state index in [1.165, 1.54) is 0 Å². The molecular weight excluding hydrogens is 356 g/mol. The van der Waals surface area contributed by atoms with Crippen LogP contribution in [0, 0.1) is 13.8 Å². The first kappa shape index (κ1) is 20.0. The zero-order valence-corrected chi connectivity index (χ0v) is 17.3. The van der Waals surface area contributed by atoms with E-state index in [2.05, 4.69) is 0 Å². The molecule has 0 bridgehead atoms. The maximum atomic E-state index is 12.8. The van der Waals surface area contributed by atoms with Crippen molar-refractivity contribution in [3.63, 3.8) is 0 Å². The van der Waals surface area contributed by atoms with Crippen LogP contribution in [0.1, 0.15) is 37.5 Å². The van der Waals surface area contributed by atoms with Crippen LogP contribution in [-0.4, -0.2) is 54.4 Å². The number of nitrogens with zero attached hydrogens (tertiary/aromatic N) is 2. The second-order valence-electron chi connectivity index (χ2n) is 7.27. The normalized spacial score (nSPS) is 15.2. The van der Waals surface area contributed by atoms with Crippen LogP contribution in [0.2, 0.25) is 0 Å². The van der Waals surface area contributed by atoms with Crippen LogP contribution in [0.3, 0.4) is 0 Å². The van der Waals surface area contributed by atoms with Crippen molar-refractivity contribution in [3.8, 4) is 5.75 Å². The Morgan fingerprint density at radius 1 is 1.14 bits per heavy atom. The molecule has 0 N–H and O–H groups in total. The first-order valence-electron chi connectivity index (χ1n) is 9.70. The van der Waals surface area contributed by atoms with E-state index in [-0.39, 0.29) is 11.8 Å². The van der Waals surface area contributed by atoms with Crippen molar-refractivity contribution in [1.82, 2.24) is 9.80 Å². The summed E-state index contributed by atoms with van der Waals surface area (Å²) in [4.78, 5) is 27.8. The van der Waals surface area contributed by atoms with Crippen LogP contribution in [0.5, 0.6) is 5.75 Å². The number of rotatable bonds is 4. The summed E-state index contributed by atoms with van der Waals surface area (Å²) >= 11 is 0. The largest absolute Gasteiger partial charge is 0.493 e. The third kappa shape index (κ3) is 3.77. The summed E-state index contributed by atoms with van der Waals surface area (Å²) in [6.45, 7) is 12.2. The molecule has 1 saturated heterocycles. The lowest BCUT2D eigenvalue weighted by molar-refractivity contribution is -0.135. The van der Waals surface area contributed by atoms with Crippen molar-refractivity contribution >= 4 is 28.4 Å². The molecule has 0 atom stereocenters. The van der Waals surface area contributed by atoms with E-state index in [4.69, 9.17) is 9.15 Å². The zero-order chi connectivity index (χ0) is 20.4. The van der Waals surface area contributed by atoms with Gasteiger partial charge in [0.15, 0.2) is 0 Å². The van der Waals surface area contributed by atoms with Crippen molar-refractivity contribution in [3.05, 3.63) is 35.1 Å². The van der Waals surface area contributed by atoms with Gasteiger partial charge in [0.05, 0.1) is 12.9 Å². The summed E-state index contributed by atoms with van der Waals surface area (Å²) in [7, 11) is 0. The predicted molar refractivity (Wildman–Crippen MR) is 109 cm³/mol. The quantitative estimate of drug-likeness (QED) is 0.757. The van der Waals surface area contributed by atoms with Crippen molar-refractivity contribution in [2.75, 3.05) is 32.8 Å². The lowest BCUT2D eigenvalue weighted by Crippen LogP contribution is -2.49. The molecule has 150 valence electrons. The smallest absolute Gasteiger partial charge is 0.246 e. The Morgan fingerprint density at radius 2 is 1.79 bits per heavy atom. The molecule has 3 rings (SSSR count). The van der Waals surface area contributed by atoms with Gasteiger partial charge >= 0.3 is 0 Å². The number of fused-ring (bicyclic) bond motifs is 1. The Bertz CT molecular complexity index is 934. The fraction of sp³-hybridized carbons (Fsp3) is 0.455. The average Bonchev–Trinajstić information content (AvgIpc) is 3.05. The molecule has 1 aromatic carbocycles. The van der Waals surface area contributed by atoms with Gasteiger partial charge in [0.2, 0.25) is 11.8 Å². The van der Waals surface area contributed by atoms with Crippen molar-refractivity contribution in [2.24, 2.45) is 0 Å². The first-order valence-corrected chi connectivity index (χ1v) is 9.70. The van der Waals surface area contributed by atoms with E-state index in [1.54, 1.807) is 29.1 Å². The highest BCUT2D eigenvalue weighted by Gasteiger charge is 2.22. The molecule has 0 unspecified atom stereocenters. The molecule has 0 aliphatic carbocycles. The van der Waals surface area contributed by atoms with Gasteiger partial charge in [-0.1, -0.05) is 0 Å². The number of aryl methyl sites for hydroxylation is 2. The molecule has 6 heteroatoms. The van der Waals surface area contributed by atoms with Gasteiger partial charge < -0.3 is 19.0 Å².